The second-order valence-corrected chi connectivity index (χ2v) is 2.83. The molecule has 0 aliphatic heterocycles. The van der Waals surface area contributed by atoms with Gasteiger partial charge < -0.3 is 4.74 Å². The Bertz CT molecular complexity index is 263. The van der Waals surface area contributed by atoms with E-state index in [0.717, 1.165) is 6.42 Å². The Kier molecular flexibility index (Phi) is 3.35. The second-order valence-electron chi connectivity index (χ2n) is 2.42. The third kappa shape index (κ3) is 2.38. The summed E-state index contributed by atoms with van der Waals surface area (Å²) in [7, 11) is 0. The highest BCUT2D eigenvalue weighted by atomic mass is 35.5. The first kappa shape index (κ1) is 9.33. The monoisotopic (exact) mass is 188 g/mol. The van der Waals surface area contributed by atoms with Crippen LogP contribution in [0.4, 0.5) is 4.39 Å². The molecule has 12 heavy (non-hydrogen) atoms. The average molecular weight is 189 g/mol. The van der Waals surface area contributed by atoms with Crippen molar-refractivity contribution in [1.82, 2.24) is 0 Å². The quantitative estimate of drug-likeness (QED) is 0.708. The van der Waals surface area contributed by atoms with Crippen LogP contribution in [0.3, 0.4) is 0 Å². The molecule has 0 spiro atoms. The molecule has 0 unspecified atom stereocenters. The molecule has 0 amide bonds. The molecule has 0 bridgehead atoms. The van der Waals surface area contributed by atoms with Crippen molar-refractivity contribution in [3.05, 3.63) is 29.0 Å². The molecule has 3 heteroatoms. The van der Waals surface area contributed by atoms with E-state index in [-0.39, 0.29) is 5.82 Å². The first-order valence-electron chi connectivity index (χ1n) is 3.82. The van der Waals surface area contributed by atoms with Crippen LogP contribution in [0, 0.1) is 5.82 Å². The number of ether oxygens (including phenoxy) is 1. The molecule has 1 nitrogen and oxygen atoms in total. The van der Waals surface area contributed by atoms with E-state index in [1.54, 1.807) is 0 Å². The summed E-state index contributed by atoms with van der Waals surface area (Å²) in [5.74, 6) is 0.0871. The van der Waals surface area contributed by atoms with Gasteiger partial charge in [-0.15, -0.1) is 0 Å². The Hall–Kier alpha value is -0.760. The lowest BCUT2D eigenvalue weighted by Gasteiger charge is -2.05. The van der Waals surface area contributed by atoms with Crippen LogP contribution in [-0.2, 0) is 0 Å². The molecule has 0 fully saturated rings. The third-order valence-electron chi connectivity index (χ3n) is 1.35. The SMILES string of the molecule is CCCOc1cc(F)ccc1Cl. The predicted octanol–water partition coefficient (Wildman–Crippen LogP) is 3.27. The van der Waals surface area contributed by atoms with Gasteiger partial charge >= 0.3 is 0 Å². The van der Waals surface area contributed by atoms with E-state index in [1.165, 1.54) is 18.2 Å². The maximum atomic E-state index is 12.6. The summed E-state index contributed by atoms with van der Waals surface area (Å²) in [4.78, 5) is 0. The minimum atomic E-state index is -0.328. The number of rotatable bonds is 3. The molecule has 0 aliphatic carbocycles. The van der Waals surface area contributed by atoms with E-state index in [1.807, 2.05) is 6.92 Å². The summed E-state index contributed by atoms with van der Waals surface area (Å²) in [6, 6.07) is 4.08. The van der Waals surface area contributed by atoms with E-state index in [0.29, 0.717) is 17.4 Å². The van der Waals surface area contributed by atoms with Crippen LogP contribution in [0.25, 0.3) is 0 Å². The van der Waals surface area contributed by atoms with Gasteiger partial charge in [-0.25, -0.2) is 4.39 Å². The van der Waals surface area contributed by atoms with Gasteiger partial charge in [0.05, 0.1) is 11.6 Å². The predicted molar refractivity (Wildman–Crippen MR) is 47.2 cm³/mol. The van der Waals surface area contributed by atoms with E-state index in [4.69, 9.17) is 16.3 Å². The van der Waals surface area contributed by atoms with Gasteiger partial charge in [-0.1, -0.05) is 18.5 Å². The molecule has 0 aliphatic rings. The zero-order valence-corrected chi connectivity index (χ0v) is 7.57. The fourth-order valence-electron chi connectivity index (χ4n) is 0.800. The van der Waals surface area contributed by atoms with Crippen molar-refractivity contribution >= 4 is 11.6 Å². The van der Waals surface area contributed by atoms with Crippen LogP contribution in [-0.4, -0.2) is 6.61 Å². The zero-order valence-electron chi connectivity index (χ0n) is 6.81. The van der Waals surface area contributed by atoms with Crippen LogP contribution in [0.5, 0.6) is 5.75 Å². The topological polar surface area (TPSA) is 9.23 Å². The second kappa shape index (κ2) is 4.31. The Morgan fingerprint density at radius 3 is 2.92 bits per heavy atom. The molecule has 0 atom stereocenters. The minimum absolute atomic E-state index is 0.328. The van der Waals surface area contributed by atoms with Gasteiger partial charge in [0.1, 0.15) is 11.6 Å². The van der Waals surface area contributed by atoms with Crippen molar-refractivity contribution < 1.29 is 9.13 Å². The number of hydrogen-bond acceptors (Lipinski definition) is 1. The average Bonchev–Trinajstić information content (AvgIpc) is 2.07. The van der Waals surface area contributed by atoms with Gasteiger partial charge in [-0.2, -0.15) is 0 Å². The number of halogens is 2. The molecule has 0 N–H and O–H groups in total. The summed E-state index contributed by atoms with van der Waals surface area (Å²) >= 11 is 5.74. The largest absolute Gasteiger partial charge is 0.492 e. The van der Waals surface area contributed by atoms with Gasteiger partial charge in [-0.3, -0.25) is 0 Å². The molecule has 0 radical (unpaired) electrons. The Morgan fingerprint density at radius 2 is 2.25 bits per heavy atom. The minimum Gasteiger partial charge on any atom is -0.492 e. The maximum Gasteiger partial charge on any atom is 0.140 e. The molecule has 0 saturated carbocycles. The summed E-state index contributed by atoms with van der Waals surface area (Å²) in [5, 5.41) is 0.449. The zero-order chi connectivity index (χ0) is 8.97. The third-order valence-corrected chi connectivity index (χ3v) is 1.67. The van der Waals surface area contributed by atoms with Crippen LogP contribution < -0.4 is 4.74 Å². The van der Waals surface area contributed by atoms with Gasteiger partial charge in [-0.05, 0) is 18.6 Å². The molecular formula is C9H10ClFO. The Labute approximate surface area is 76.1 Å². The number of hydrogen-bond donors (Lipinski definition) is 0. The highest BCUT2D eigenvalue weighted by molar-refractivity contribution is 6.32. The van der Waals surface area contributed by atoms with Crippen LogP contribution in [0.2, 0.25) is 5.02 Å². The molecule has 1 aromatic carbocycles. The lowest BCUT2D eigenvalue weighted by atomic mass is 10.3. The highest BCUT2D eigenvalue weighted by Gasteiger charge is 2.01. The maximum absolute atomic E-state index is 12.6. The molecular weight excluding hydrogens is 179 g/mol. The van der Waals surface area contributed by atoms with Crippen molar-refractivity contribution in [2.75, 3.05) is 6.61 Å². The van der Waals surface area contributed by atoms with Gasteiger partial charge in [0.25, 0.3) is 0 Å². The Morgan fingerprint density at radius 1 is 1.50 bits per heavy atom. The van der Waals surface area contributed by atoms with Crippen molar-refractivity contribution in [3.63, 3.8) is 0 Å². The summed E-state index contributed by atoms with van der Waals surface area (Å²) in [6.45, 7) is 2.54. The van der Waals surface area contributed by atoms with Gasteiger partial charge in [0.2, 0.25) is 0 Å². The summed E-state index contributed by atoms with van der Waals surface area (Å²) in [5.41, 5.74) is 0. The number of benzene rings is 1. The van der Waals surface area contributed by atoms with E-state index in [2.05, 4.69) is 0 Å². The Balaban J connectivity index is 2.75. The fourth-order valence-corrected chi connectivity index (χ4v) is 0.972. The molecule has 0 aromatic heterocycles. The van der Waals surface area contributed by atoms with E-state index < -0.39 is 0 Å². The van der Waals surface area contributed by atoms with Gasteiger partial charge in [0.15, 0.2) is 0 Å². The van der Waals surface area contributed by atoms with Crippen LogP contribution in [0.15, 0.2) is 18.2 Å². The fraction of sp³-hybridized carbons (Fsp3) is 0.333. The first-order valence-corrected chi connectivity index (χ1v) is 4.19. The van der Waals surface area contributed by atoms with Crippen molar-refractivity contribution in [1.29, 1.82) is 0 Å². The molecule has 1 rings (SSSR count). The first-order chi connectivity index (χ1) is 5.74. The van der Waals surface area contributed by atoms with Crippen molar-refractivity contribution in [2.45, 2.75) is 13.3 Å². The van der Waals surface area contributed by atoms with Gasteiger partial charge in [0, 0.05) is 6.07 Å². The summed E-state index contributed by atoms with van der Waals surface area (Å²) < 4.78 is 17.8. The lowest BCUT2D eigenvalue weighted by Crippen LogP contribution is -1.95. The molecule has 0 saturated heterocycles. The van der Waals surface area contributed by atoms with Crippen molar-refractivity contribution in [2.24, 2.45) is 0 Å². The molecule has 0 heterocycles. The highest BCUT2D eigenvalue weighted by Crippen LogP contribution is 2.24. The lowest BCUT2D eigenvalue weighted by molar-refractivity contribution is 0.316. The molecule has 66 valence electrons. The standard InChI is InChI=1S/C9H10ClFO/c1-2-5-12-9-6-7(11)3-4-8(9)10/h3-4,6H,2,5H2,1H3. The van der Waals surface area contributed by atoms with Crippen LogP contribution in [0.1, 0.15) is 13.3 Å². The van der Waals surface area contributed by atoms with E-state index in [9.17, 15) is 4.39 Å². The summed E-state index contributed by atoms with van der Waals surface area (Å²) in [6.07, 6.45) is 0.882. The van der Waals surface area contributed by atoms with Crippen molar-refractivity contribution in [3.8, 4) is 5.75 Å². The smallest absolute Gasteiger partial charge is 0.140 e. The van der Waals surface area contributed by atoms with Crippen LogP contribution >= 0.6 is 11.6 Å². The normalized spacial score (nSPS) is 9.92. The molecule has 1 aromatic rings. The van der Waals surface area contributed by atoms with E-state index >= 15 is 0 Å².